The maximum absolute atomic E-state index is 12.6. The van der Waals surface area contributed by atoms with Gasteiger partial charge in [0.15, 0.2) is 0 Å². The molecule has 1 saturated heterocycles. The fourth-order valence-electron chi connectivity index (χ4n) is 2.25. The third kappa shape index (κ3) is 3.53. The first-order valence-electron chi connectivity index (χ1n) is 6.17. The van der Waals surface area contributed by atoms with Crippen molar-refractivity contribution in [3.8, 4) is 5.75 Å². The molecule has 0 amide bonds. The van der Waals surface area contributed by atoms with Gasteiger partial charge < -0.3 is 15.4 Å². The molecule has 2 N–H and O–H groups in total. The molecule has 0 saturated carbocycles. The van der Waals surface area contributed by atoms with Crippen molar-refractivity contribution in [2.24, 2.45) is 0 Å². The second-order valence-corrected chi connectivity index (χ2v) is 4.88. The number of likely N-dealkylation sites (N-methyl/N-ethyl adjacent to an activating group) is 1. The highest BCUT2D eigenvalue weighted by Gasteiger charge is 2.31. The van der Waals surface area contributed by atoms with E-state index in [1.54, 1.807) is 0 Å². The second-order valence-electron chi connectivity index (χ2n) is 4.88. The van der Waals surface area contributed by atoms with Crippen LogP contribution < -0.4 is 10.5 Å². The van der Waals surface area contributed by atoms with Crippen LogP contribution in [0, 0.1) is 0 Å². The maximum atomic E-state index is 12.6. The molecule has 6 heteroatoms. The Hall–Kier alpha value is -1.43. The highest BCUT2D eigenvalue weighted by Crippen LogP contribution is 2.33. The number of anilines is 1. The van der Waals surface area contributed by atoms with Gasteiger partial charge >= 0.3 is 6.18 Å². The number of hydrogen-bond acceptors (Lipinski definition) is 3. The minimum absolute atomic E-state index is 0.0598. The van der Waals surface area contributed by atoms with Gasteiger partial charge in [0.05, 0.1) is 5.56 Å². The Kier molecular flexibility index (Phi) is 3.89. The lowest BCUT2D eigenvalue weighted by molar-refractivity contribution is -0.137. The van der Waals surface area contributed by atoms with Crippen LogP contribution in [0.2, 0.25) is 0 Å². The summed E-state index contributed by atoms with van der Waals surface area (Å²) in [5, 5.41) is 0. The first-order valence-corrected chi connectivity index (χ1v) is 6.17. The van der Waals surface area contributed by atoms with E-state index in [-0.39, 0.29) is 17.5 Å². The number of nitrogens with two attached hydrogens (primary N) is 1. The van der Waals surface area contributed by atoms with Crippen LogP contribution >= 0.6 is 0 Å². The van der Waals surface area contributed by atoms with Crippen molar-refractivity contribution < 1.29 is 17.9 Å². The molecule has 2 rings (SSSR count). The lowest BCUT2D eigenvalue weighted by Gasteiger charge is -2.20. The number of likely N-dealkylation sites (tertiary alicyclic amines) is 1. The van der Waals surface area contributed by atoms with E-state index < -0.39 is 11.7 Å². The summed E-state index contributed by atoms with van der Waals surface area (Å²) < 4.78 is 43.4. The summed E-state index contributed by atoms with van der Waals surface area (Å²) in [5.41, 5.74) is 4.76. The predicted octanol–water partition coefficient (Wildman–Crippen LogP) is 2.76. The largest absolute Gasteiger partial charge is 0.492 e. The van der Waals surface area contributed by atoms with Crippen LogP contribution in [-0.2, 0) is 6.18 Å². The summed E-state index contributed by atoms with van der Waals surface area (Å²) in [6, 6.07) is 3.58. The molecule has 1 aliphatic heterocycles. The van der Waals surface area contributed by atoms with Crippen molar-refractivity contribution in [1.29, 1.82) is 0 Å². The second kappa shape index (κ2) is 5.28. The Balaban J connectivity index is 2.06. The Morgan fingerprint density at radius 2 is 2.11 bits per heavy atom. The molecule has 1 aliphatic rings. The molecule has 1 heterocycles. The Morgan fingerprint density at radius 1 is 1.37 bits per heavy atom. The summed E-state index contributed by atoms with van der Waals surface area (Å²) in [5.74, 6) is 0.174. The molecule has 1 fully saturated rings. The van der Waals surface area contributed by atoms with Crippen molar-refractivity contribution in [2.45, 2.75) is 25.1 Å². The molecule has 0 aromatic heterocycles. The van der Waals surface area contributed by atoms with Crippen LogP contribution in [0.15, 0.2) is 18.2 Å². The van der Waals surface area contributed by atoms with E-state index in [2.05, 4.69) is 4.90 Å². The van der Waals surface area contributed by atoms with E-state index in [1.807, 2.05) is 7.05 Å². The van der Waals surface area contributed by atoms with E-state index in [4.69, 9.17) is 10.5 Å². The van der Waals surface area contributed by atoms with Crippen molar-refractivity contribution in [1.82, 2.24) is 4.90 Å². The zero-order chi connectivity index (χ0) is 14.0. The predicted molar refractivity (Wildman–Crippen MR) is 67.0 cm³/mol. The lowest BCUT2D eigenvalue weighted by atomic mass is 10.2. The molecule has 0 aliphatic carbocycles. The third-order valence-corrected chi connectivity index (χ3v) is 3.37. The van der Waals surface area contributed by atoms with Gasteiger partial charge in [0, 0.05) is 17.8 Å². The molecular weight excluding hydrogens is 257 g/mol. The number of nitrogen functional groups attached to an aromatic ring is 1. The van der Waals surface area contributed by atoms with E-state index in [0.717, 1.165) is 31.5 Å². The van der Waals surface area contributed by atoms with Gasteiger partial charge in [-0.3, -0.25) is 0 Å². The van der Waals surface area contributed by atoms with E-state index in [9.17, 15) is 13.2 Å². The fraction of sp³-hybridized carbons (Fsp3) is 0.538. The molecule has 0 radical (unpaired) electrons. The SMILES string of the molecule is CN1CCC[C@@H]1COc1cc(N)cc(C(F)(F)F)c1. The van der Waals surface area contributed by atoms with Gasteiger partial charge in [-0.25, -0.2) is 0 Å². The lowest BCUT2D eigenvalue weighted by Crippen LogP contribution is -2.30. The van der Waals surface area contributed by atoms with Gasteiger partial charge in [0.1, 0.15) is 12.4 Å². The number of ether oxygens (including phenoxy) is 1. The summed E-state index contributed by atoms with van der Waals surface area (Å²) in [4.78, 5) is 2.15. The molecular formula is C13H17F3N2O. The number of benzene rings is 1. The van der Waals surface area contributed by atoms with Crippen LogP contribution in [0.5, 0.6) is 5.75 Å². The van der Waals surface area contributed by atoms with Crippen LogP contribution in [-0.4, -0.2) is 31.1 Å². The summed E-state index contributed by atoms with van der Waals surface area (Å²) >= 11 is 0. The van der Waals surface area contributed by atoms with Crippen LogP contribution in [0.1, 0.15) is 18.4 Å². The normalized spacial score (nSPS) is 20.7. The van der Waals surface area contributed by atoms with Crippen LogP contribution in [0.3, 0.4) is 0 Å². The zero-order valence-corrected chi connectivity index (χ0v) is 10.7. The van der Waals surface area contributed by atoms with Gasteiger partial charge in [-0.15, -0.1) is 0 Å². The van der Waals surface area contributed by atoms with E-state index >= 15 is 0 Å². The minimum atomic E-state index is -4.41. The molecule has 0 unspecified atom stereocenters. The maximum Gasteiger partial charge on any atom is 0.416 e. The summed E-state index contributed by atoms with van der Waals surface area (Å²) in [6.45, 7) is 1.38. The zero-order valence-electron chi connectivity index (χ0n) is 10.7. The molecule has 106 valence electrons. The van der Waals surface area contributed by atoms with Gasteiger partial charge in [0.2, 0.25) is 0 Å². The Morgan fingerprint density at radius 3 is 2.68 bits per heavy atom. The average Bonchev–Trinajstić information content (AvgIpc) is 2.70. The highest BCUT2D eigenvalue weighted by molar-refractivity contribution is 5.48. The Labute approximate surface area is 110 Å². The molecule has 1 aromatic rings. The van der Waals surface area contributed by atoms with Crippen molar-refractivity contribution >= 4 is 5.69 Å². The average molecular weight is 274 g/mol. The Bertz CT molecular complexity index is 448. The van der Waals surface area contributed by atoms with Gasteiger partial charge in [-0.1, -0.05) is 0 Å². The molecule has 3 nitrogen and oxygen atoms in total. The summed E-state index contributed by atoms with van der Waals surface area (Å²) in [7, 11) is 1.99. The summed E-state index contributed by atoms with van der Waals surface area (Å²) in [6.07, 6.45) is -2.31. The topological polar surface area (TPSA) is 38.5 Å². The standard InChI is InChI=1S/C13H17F3N2O/c1-18-4-2-3-11(18)8-19-12-6-9(13(14,15)16)5-10(17)7-12/h5-7,11H,2-4,8,17H2,1H3/t11-/m1/s1. The van der Waals surface area contributed by atoms with Crippen molar-refractivity contribution in [3.05, 3.63) is 23.8 Å². The monoisotopic (exact) mass is 274 g/mol. The quantitative estimate of drug-likeness (QED) is 0.861. The van der Waals surface area contributed by atoms with Crippen LogP contribution in [0.4, 0.5) is 18.9 Å². The number of halogens is 3. The molecule has 0 bridgehead atoms. The van der Waals surface area contributed by atoms with Crippen molar-refractivity contribution in [3.63, 3.8) is 0 Å². The number of nitrogens with zero attached hydrogens (tertiary/aromatic N) is 1. The van der Waals surface area contributed by atoms with E-state index in [0.29, 0.717) is 6.61 Å². The van der Waals surface area contributed by atoms with Gasteiger partial charge in [0.25, 0.3) is 0 Å². The highest BCUT2D eigenvalue weighted by atomic mass is 19.4. The van der Waals surface area contributed by atoms with Gasteiger partial charge in [-0.05, 0) is 38.6 Å². The van der Waals surface area contributed by atoms with Crippen LogP contribution in [0.25, 0.3) is 0 Å². The first kappa shape index (κ1) is 14.0. The molecule has 19 heavy (non-hydrogen) atoms. The molecule has 1 aromatic carbocycles. The van der Waals surface area contributed by atoms with Crippen molar-refractivity contribution in [2.75, 3.05) is 25.9 Å². The number of hydrogen-bond donors (Lipinski definition) is 1. The van der Waals surface area contributed by atoms with Gasteiger partial charge in [-0.2, -0.15) is 13.2 Å². The first-order chi connectivity index (χ1) is 8.86. The number of rotatable bonds is 3. The minimum Gasteiger partial charge on any atom is -0.492 e. The number of alkyl halides is 3. The van der Waals surface area contributed by atoms with E-state index in [1.165, 1.54) is 6.07 Å². The molecule has 0 spiro atoms. The third-order valence-electron chi connectivity index (χ3n) is 3.37. The molecule has 1 atom stereocenters. The fourth-order valence-corrected chi connectivity index (χ4v) is 2.25. The smallest absolute Gasteiger partial charge is 0.416 e.